The third-order valence-corrected chi connectivity index (χ3v) is 4.62. The Bertz CT molecular complexity index is 495. The molecule has 0 atom stereocenters. The number of hydrogen-bond acceptors (Lipinski definition) is 5. The SMILES string of the molecule is CCCNc1ncc(S(=O)(=O)NC2CCCC2)cn1. The van der Waals surface area contributed by atoms with Gasteiger partial charge in [0, 0.05) is 12.6 Å². The highest BCUT2D eigenvalue weighted by Gasteiger charge is 2.23. The van der Waals surface area contributed by atoms with Gasteiger partial charge in [-0.1, -0.05) is 19.8 Å². The summed E-state index contributed by atoms with van der Waals surface area (Å²) >= 11 is 0. The Morgan fingerprint density at radius 1 is 1.26 bits per heavy atom. The average Bonchev–Trinajstić information content (AvgIpc) is 2.89. The van der Waals surface area contributed by atoms with Gasteiger partial charge in [0.25, 0.3) is 0 Å². The summed E-state index contributed by atoms with van der Waals surface area (Å²) in [7, 11) is -3.48. The molecular formula is C12H20N4O2S. The zero-order valence-corrected chi connectivity index (χ0v) is 11.9. The topological polar surface area (TPSA) is 84.0 Å². The molecule has 6 nitrogen and oxygen atoms in total. The number of nitrogens with one attached hydrogen (secondary N) is 2. The molecule has 0 aromatic carbocycles. The van der Waals surface area contributed by atoms with E-state index in [2.05, 4.69) is 20.0 Å². The van der Waals surface area contributed by atoms with E-state index in [1.54, 1.807) is 0 Å². The molecule has 1 aliphatic carbocycles. The van der Waals surface area contributed by atoms with E-state index in [1.807, 2.05) is 6.92 Å². The van der Waals surface area contributed by atoms with Crippen LogP contribution in [0.2, 0.25) is 0 Å². The number of anilines is 1. The first-order chi connectivity index (χ1) is 9.12. The Labute approximate surface area is 114 Å². The quantitative estimate of drug-likeness (QED) is 0.827. The highest BCUT2D eigenvalue weighted by molar-refractivity contribution is 7.89. The Kier molecular flexibility index (Phi) is 4.71. The summed E-state index contributed by atoms with van der Waals surface area (Å²) in [5.74, 6) is 0.460. The summed E-state index contributed by atoms with van der Waals surface area (Å²) < 4.78 is 26.9. The van der Waals surface area contributed by atoms with E-state index >= 15 is 0 Å². The summed E-state index contributed by atoms with van der Waals surface area (Å²) in [4.78, 5) is 8.16. The van der Waals surface area contributed by atoms with Gasteiger partial charge in [-0.2, -0.15) is 0 Å². The third-order valence-electron chi connectivity index (χ3n) is 3.15. The normalized spacial score (nSPS) is 16.7. The van der Waals surface area contributed by atoms with Gasteiger partial charge < -0.3 is 5.32 Å². The molecule has 1 fully saturated rings. The van der Waals surface area contributed by atoms with Crippen LogP contribution in [0.3, 0.4) is 0 Å². The van der Waals surface area contributed by atoms with Crippen molar-refractivity contribution >= 4 is 16.0 Å². The highest BCUT2D eigenvalue weighted by atomic mass is 32.2. The maximum atomic E-state index is 12.1. The van der Waals surface area contributed by atoms with Crippen molar-refractivity contribution in [2.45, 2.75) is 50.0 Å². The second-order valence-electron chi connectivity index (χ2n) is 4.77. The Morgan fingerprint density at radius 3 is 2.47 bits per heavy atom. The lowest BCUT2D eigenvalue weighted by Gasteiger charge is -2.12. The zero-order valence-electron chi connectivity index (χ0n) is 11.1. The fraction of sp³-hybridized carbons (Fsp3) is 0.667. The minimum absolute atomic E-state index is 0.0582. The minimum Gasteiger partial charge on any atom is -0.354 e. The maximum absolute atomic E-state index is 12.1. The zero-order chi connectivity index (χ0) is 13.7. The number of hydrogen-bond donors (Lipinski definition) is 2. The molecule has 1 aromatic heterocycles. The van der Waals surface area contributed by atoms with Crippen molar-refractivity contribution in [2.75, 3.05) is 11.9 Å². The predicted octanol–water partition coefficient (Wildman–Crippen LogP) is 1.52. The monoisotopic (exact) mass is 284 g/mol. The number of nitrogens with zero attached hydrogens (tertiary/aromatic N) is 2. The Morgan fingerprint density at radius 2 is 1.89 bits per heavy atom. The van der Waals surface area contributed by atoms with Gasteiger partial charge in [0.1, 0.15) is 4.90 Å². The van der Waals surface area contributed by atoms with E-state index in [9.17, 15) is 8.42 Å². The standard InChI is InChI=1S/C12H20N4O2S/c1-2-7-13-12-14-8-11(9-15-12)19(17,18)16-10-5-3-4-6-10/h8-10,16H,2-7H2,1H3,(H,13,14,15). The van der Waals surface area contributed by atoms with Crippen molar-refractivity contribution in [3.63, 3.8) is 0 Å². The van der Waals surface area contributed by atoms with Crippen LogP contribution in [-0.4, -0.2) is 31.0 Å². The molecule has 1 aromatic rings. The summed E-state index contributed by atoms with van der Waals surface area (Å²) in [5.41, 5.74) is 0. The van der Waals surface area contributed by atoms with Crippen molar-refractivity contribution in [3.8, 4) is 0 Å². The van der Waals surface area contributed by atoms with E-state index < -0.39 is 10.0 Å². The number of rotatable bonds is 6. The van der Waals surface area contributed by atoms with Crippen LogP contribution >= 0.6 is 0 Å². The van der Waals surface area contributed by atoms with Gasteiger partial charge in [-0.25, -0.2) is 23.1 Å². The molecule has 1 aliphatic rings. The van der Waals surface area contributed by atoms with Gasteiger partial charge in [0.2, 0.25) is 16.0 Å². The largest absolute Gasteiger partial charge is 0.354 e. The molecule has 7 heteroatoms. The summed E-state index contributed by atoms with van der Waals surface area (Å²) in [6.07, 6.45) is 7.66. The van der Waals surface area contributed by atoms with Gasteiger partial charge in [-0.05, 0) is 19.3 Å². The summed E-state index contributed by atoms with van der Waals surface area (Å²) in [6.45, 7) is 2.81. The van der Waals surface area contributed by atoms with Gasteiger partial charge in [-0.15, -0.1) is 0 Å². The van der Waals surface area contributed by atoms with E-state index in [1.165, 1.54) is 12.4 Å². The van der Waals surface area contributed by atoms with Crippen molar-refractivity contribution in [3.05, 3.63) is 12.4 Å². The van der Waals surface area contributed by atoms with E-state index in [0.717, 1.165) is 38.6 Å². The Hall–Kier alpha value is -1.21. The molecular weight excluding hydrogens is 264 g/mol. The molecule has 2 rings (SSSR count). The van der Waals surface area contributed by atoms with E-state index in [-0.39, 0.29) is 10.9 Å². The van der Waals surface area contributed by atoms with Gasteiger partial charge >= 0.3 is 0 Å². The van der Waals surface area contributed by atoms with E-state index in [0.29, 0.717) is 5.95 Å². The molecule has 19 heavy (non-hydrogen) atoms. The summed E-state index contributed by atoms with van der Waals surface area (Å²) in [5, 5.41) is 3.01. The second kappa shape index (κ2) is 6.29. The lowest BCUT2D eigenvalue weighted by Crippen LogP contribution is -2.32. The molecule has 0 radical (unpaired) electrons. The first kappa shape index (κ1) is 14.2. The average molecular weight is 284 g/mol. The molecule has 0 saturated heterocycles. The highest BCUT2D eigenvalue weighted by Crippen LogP contribution is 2.20. The smallest absolute Gasteiger partial charge is 0.243 e. The molecule has 0 spiro atoms. The van der Waals surface area contributed by atoms with Crippen LogP contribution in [0.15, 0.2) is 17.3 Å². The molecule has 0 amide bonds. The molecule has 0 bridgehead atoms. The van der Waals surface area contributed by atoms with Crippen molar-refractivity contribution < 1.29 is 8.42 Å². The van der Waals surface area contributed by atoms with Gasteiger partial charge in [0.05, 0.1) is 12.4 Å². The van der Waals surface area contributed by atoms with E-state index in [4.69, 9.17) is 0 Å². The molecule has 0 aliphatic heterocycles. The fourth-order valence-electron chi connectivity index (χ4n) is 2.11. The Balaban J connectivity index is 2.03. The molecule has 1 saturated carbocycles. The van der Waals surface area contributed by atoms with Gasteiger partial charge in [-0.3, -0.25) is 0 Å². The van der Waals surface area contributed by atoms with Crippen LogP contribution in [0.25, 0.3) is 0 Å². The fourth-order valence-corrected chi connectivity index (χ4v) is 3.31. The number of aromatic nitrogens is 2. The van der Waals surface area contributed by atoms with Crippen molar-refractivity contribution in [1.82, 2.24) is 14.7 Å². The first-order valence-electron chi connectivity index (χ1n) is 6.70. The molecule has 2 N–H and O–H groups in total. The molecule has 1 heterocycles. The van der Waals surface area contributed by atoms with Crippen LogP contribution in [0, 0.1) is 0 Å². The van der Waals surface area contributed by atoms with Crippen LogP contribution in [0.4, 0.5) is 5.95 Å². The second-order valence-corrected chi connectivity index (χ2v) is 6.49. The van der Waals surface area contributed by atoms with Crippen LogP contribution in [0.5, 0.6) is 0 Å². The van der Waals surface area contributed by atoms with Crippen LogP contribution in [0.1, 0.15) is 39.0 Å². The van der Waals surface area contributed by atoms with Crippen molar-refractivity contribution in [2.24, 2.45) is 0 Å². The first-order valence-corrected chi connectivity index (χ1v) is 8.18. The maximum Gasteiger partial charge on any atom is 0.243 e. The van der Waals surface area contributed by atoms with Crippen LogP contribution in [-0.2, 0) is 10.0 Å². The lowest BCUT2D eigenvalue weighted by molar-refractivity contribution is 0.551. The molecule has 106 valence electrons. The van der Waals surface area contributed by atoms with Gasteiger partial charge in [0.15, 0.2) is 0 Å². The number of sulfonamides is 1. The summed E-state index contributed by atoms with van der Waals surface area (Å²) in [6, 6.07) is 0.0582. The van der Waals surface area contributed by atoms with Crippen LogP contribution < -0.4 is 10.0 Å². The third kappa shape index (κ3) is 3.87. The predicted molar refractivity (Wildman–Crippen MR) is 73.4 cm³/mol. The van der Waals surface area contributed by atoms with Crippen molar-refractivity contribution in [1.29, 1.82) is 0 Å². The molecule has 0 unspecified atom stereocenters. The lowest BCUT2D eigenvalue weighted by atomic mass is 10.3. The minimum atomic E-state index is -3.48.